The van der Waals surface area contributed by atoms with Crippen LogP contribution < -0.4 is 5.73 Å². The number of rotatable bonds is 3. The smallest absolute Gasteiger partial charge is 0.230 e. The number of carbonyl (C=O) groups is 1. The highest BCUT2D eigenvalue weighted by atomic mass is 16.4. The van der Waals surface area contributed by atoms with E-state index in [-0.39, 0.29) is 11.5 Å². The van der Waals surface area contributed by atoms with E-state index in [0.717, 1.165) is 16.8 Å². The van der Waals surface area contributed by atoms with Gasteiger partial charge in [-0.15, -0.1) is 0 Å². The fraction of sp³-hybridized carbons (Fsp3) is 0.0476. The van der Waals surface area contributed by atoms with Crippen molar-refractivity contribution in [3.05, 3.63) is 83.6 Å². The first-order valence-electron chi connectivity index (χ1n) is 8.00. The molecule has 0 saturated heterocycles. The van der Waals surface area contributed by atoms with Gasteiger partial charge in [0, 0.05) is 11.1 Å². The number of aryl methyl sites for hydroxylation is 1. The Labute approximate surface area is 144 Å². The summed E-state index contributed by atoms with van der Waals surface area (Å²) in [4.78, 5) is 17.3. The van der Waals surface area contributed by atoms with Gasteiger partial charge in [0.15, 0.2) is 0 Å². The molecule has 2 aromatic heterocycles. The molecule has 2 aromatic carbocycles. The van der Waals surface area contributed by atoms with Gasteiger partial charge in [-0.05, 0) is 18.6 Å². The van der Waals surface area contributed by atoms with Crippen LogP contribution >= 0.6 is 0 Å². The van der Waals surface area contributed by atoms with E-state index in [9.17, 15) is 4.79 Å². The molecular formula is C21H16N2O2. The number of nitrogens with zero attached hydrogens (tertiary/aromatic N) is 1. The quantitative estimate of drug-likeness (QED) is 0.557. The third-order valence-corrected chi connectivity index (χ3v) is 4.21. The highest BCUT2D eigenvalue weighted by molar-refractivity contribution is 6.14. The van der Waals surface area contributed by atoms with Gasteiger partial charge in [-0.2, -0.15) is 0 Å². The standard InChI is InChI=1S/C21H16N2O2/c1-13-12-16(14-8-4-2-5-9-14)23-21-17(13)18(22)20(25-21)19(24)15-10-6-3-7-11-15/h2-12H,22H2,1H3. The summed E-state index contributed by atoms with van der Waals surface area (Å²) >= 11 is 0. The molecule has 0 aliphatic rings. The zero-order valence-corrected chi connectivity index (χ0v) is 13.7. The predicted octanol–water partition coefficient (Wildman–Crippen LogP) is 4.62. The van der Waals surface area contributed by atoms with Crippen LogP contribution in [0.4, 0.5) is 5.69 Å². The third kappa shape index (κ3) is 2.58. The summed E-state index contributed by atoms with van der Waals surface area (Å²) in [5.41, 5.74) is 10.2. The number of hydrogen-bond acceptors (Lipinski definition) is 4. The summed E-state index contributed by atoms with van der Waals surface area (Å²) in [6.07, 6.45) is 0. The normalized spacial score (nSPS) is 10.9. The van der Waals surface area contributed by atoms with Crippen molar-refractivity contribution in [2.75, 3.05) is 5.73 Å². The van der Waals surface area contributed by atoms with Crippen LogP contribution in [0.25, 0.3) is 22.4 Å². The molecule has 2 N–H and O–H groups in total. The molecule has 4 aromatic rings. The Morgan fingerprint density at radius 2 is 1.64 bits per heavy atom. The molecule has 0 atom stereocenters. The van der Waals surface area contributed by atoms with Crippen molar-refractivity contribution in [2.45, 2.75) is 6.92 Å². The van der Waals surface area contributed by atoms with Crippen LogP contribution in [0.2, 0.25) is 0 Å². The molecule has 0 radical (unpaired) electrons. The second kappa shape index (κ2) is 5.91. The zero-order chi connectivity index (χ0) is 17.4. The van der Waals surface area contributed by atoms with Gasteiger partial charge in [0.25, 0.3) is 0 Å². The van der Waals surface area contributed by atoms with E-state index in [2.05, 4.69) is 4.98 Å². The first kappa shape index (κ1) is 15.1. The largest absolute Gasteiger partial charge is 0.432 e. The molecule has 0 bridgehead atoms. The Bertz CT molecular complexity index is 1070. The summed E-state index contributed by atoms with van der Waals surface area (Å²) in [5.74, 6) is -0.0984. The first-order chi connectivity index (χ1) is 12.1. The van der Waals surface area contributed by atoms with Crippen molar-refractivity contribution >= 4 is 22.6 Å². The number of nitrogen functional groups attached to an aromatic ring is 1. The molecule has 0 saturated carbocycles. The van der Waals surface area contributed by atoms with E-state index >= 15 is 0 Å². The predicted molar refractivity (Wildman–Crippen MR) is 98.5 cm³/mol. The summed E-state index contributed by atoms with van der Waals surface area (Å²) in [6, 6.07) is 20.7. The Morgan fingerprint density at radius 1 is 1.00 bits per heavy atom. The van der Waals surface area contributed by atoms with Crippen molar-refractivity contribution in [2.24, 2.45) is 0 Å². The number of furan rings is 1. The highest BCUT2D eigenvalue weighted by Gasteiger charge is 2.22. The summed E-state index contributed by atoms with van der Waals surface area (Å²) in [7, 11) is 0. The molecule has 0 amide bonds. The van der Waals surface area contributed by atoms with Gasteiger partial charge < -0.3 is 10.2 Å². The lowest BCUT2D eigenvalue weighted by molar-refractivity contribution is 0.101. The number of aromatic nitrogens is 1. The lowest BCUT2D eigenvalue weighted by Crippen LogP contribution is -2.02. The Hall–Kier alpha value is -3.40. The molecule has 25 heavy (non-hydrogen) atoms. The summed E-state index contributed by atoms with van der Waals surface area (Å²) < 4.78 is 5.77. The number of pyridine rings is 1. The van der Waals surface area contributed by atoms with E-state index in [0.29, 0.717) is 22.4 Å². The molecule has 0 fully saturated rings. The number of fused-ring (bicyclic) bond motifs is 1. The van der Waals surface area contributed by atoms with Gasteiger partial charge in [-0.1, -0.05) is 60.7 Å². The molecule has 122 valence electrons. The number of hydrogen-bond donors (Lipinski definition) is 1. The Kier molecular flexibility index (Phi) is 3.58. The molecule has 0 aliphatic heterocycles. The van der Waals surface area contributed by atoms with Crippen molar-refractivity contribution in [1.82, 2.24) is 4.98 Å². The van der Waals surface area contributed by atoms with Gasteiger partial charge >= 0.3 is 0 Å². The molecule has 0 aliphatic carbocycles. The monoisotopic (exact) mass is 328 g/mol. The van der Waals surface area contributed by atoms with Gasteiger partial charge in [0.2, 0.25) is 17.3 Å². The lowest BCUT2D eigenvalue weighted by Gasteiger charge is -2.03. The number of nitrogens with two attached hydrogens (primary N) is 1. The number of benzene rings is 2. The summed E-state index contributed by atoms with van der Waals surface area (Å²) in [5, 5.41) is 0.693. The van der Waals surface area contributed by atoms with Crippen molar-refractivity contribution < 1.29 is 9.21 Å². The fourth-order valence-electron chi connectivity index (χ4n) is 2.96. The van der Waals surface area contributed by atoms with E-state index in [4.69, 9.17) is 10.2 Å². The number of carbonyl (C=O) groups excluding carboxylic acids is 1. The van der Waals surface area contributed by atoms with Gasteiger partial charge in [0.1, 0.15) is 0 Å². The number of ketones is 1. The highest BCUT2D eigenvalue weighted by Crippen LogP contribution is 2.33. The van der Waals surface area contributed by atoms with Gasteiger partial charge in [-0.25, -0.2) is 4.98 Å². The van der Waals surface area contributed by atoms with Crippen LogP contribution in [-0.2, 0) is 0 Å². The number of anilines is 1. The Balaban J connectivity index is 1.88. The lowest BCUT2D eigenvalue weighted by atomic mass is 10.0. The third-order valence-electron chi connectivity index (χ3n) is 4.21. The maximum absolute atomic E-state index is 12.7. The molecule has 4 rings (SSSR count). The molecule has 4 heteroatoms. The van der Waals surface area contributed by atoms with Crippen LogP contribution in [0.3, 0.4) is 0 Å². The van der Waals surface area contributed by atoms with Crippen molar-refractivity contribution in [3.8, 4) is 11.3 Å². The minimum atomic E-state index is -0.239. The minimum absolute atomic E-state index is 0.141. The van der Waals surface area contributed by atoms with E-state index in [1.165, 1.54) is 0 Å². The van der Waals surface area contributed by atoms with Crippen molar-refractivity contribution in [1.29, 1.82) is 0 Å². The fourth-order valence-corrected chi connectivity index (χ4v) is 2.96. The van der Waals surface area contributed by atoms with Crippen molar-refractivity contribution in [3.63, 3.8) is 0 Å². The Morgan fingerprint density at radius 3 is 2.32 bits per heavy atom. The molecule has 4 nitrogen and oxygen atoms in total. The zero-order valence-electron chi connectivity index (χ0n) is 13.7. The van der Waals surface area contributed by atoms with Crippen LogP contribution in [-0.4, -0.2) is 10.8 Å². The maximum atomic E-state index is 12.7. The second-order valence-electron chi connectivity index (χ2n) is 5.91. The van der Waals surface area contributed by atoms with Gasteiger partial charge in [0.05, 0.1) is 16.8 Å². The first-order valence-corrected chi connectivity index (χ1v) is 8.00. The van der Waals surface area contributed by atoms with E-state index < -0.39 is 0 Å². The molecule has 2 heterocycles. The maximum Gasteiger partial charge on any atom is 0.230 e. The van der Waals surface area contributed by atoms with E-state index in [1.807, 2.05) is 61.5 Å². The molecular weight excluding hydrogens is 312 g/mol. The average molecular weight is 328 g/mol. The summed E-state index contributed by atoms with van der Waals surface area (Å²) in [6.45, 7) is 1.94. The van der Waals surface area contributed by atoms with E-state index in [1.54, 1.807) is 12.1 Å². The van der Waals surface area contributed by atoms with Crippen LogP contribution in [0.15, 0.2) is 71.1 Å². The minimum Gasteiger partial charge on any atom is -0.432 e. The van der Waals surface area contributed by atoms with Crippen LogP contribution in [0.1, 0.15) is 21.7 Å². The van der Waals surface area contributed by atoms with Gasteiger partial charge in [-0.3, -0.25) is 4.79 Å². The SMILES string of the molecule is Cc1cc(-c2ccccc2)nc2oc(C(=O)c3ccccc3)c(N)c12. The molecule has 0 spiro atoms. The van der Waals surface area contributed by atoms with Crippen LogP contribution in [0.5, 0.6) is 0 Å². The molecule has 0 unspecified atom stereocenters. The topological polar surface area (TPSA) is 69.1 Å². The average Bonchev–Trinajstić information content (AvgIpc) is 2.99. The van der Waals surface area contributed by atoms with Crippen LogP contribution in [0, 0.1) is 6.92 Å². The second-order valence-corrected chi connectivity index (χ2v) is 5.91.